The first-order valence-corrected chi connectivity index (χ1v) is 8.04. The first kappa shape index (κ1) is 22.3. The molecule has 0 atom stereocenters. The first-order valence-electron chi connectivity index (χ1n) is 8.04. The molecule has 0 aromatic rings. The maximum Gasteiger partial charge on any atom is 0.306 e. The topological polar surface area (TPSA) is 85.4 Å². The van der Waals surface area contributed by atoms with Crippen LogP contribution in [0.4, 0.5) is 0 Å². The average molecular weight is 346 g/mol. The van der Waals surface area contributed by atoms with Crippen LogP contribution in [-0.4, -0.2) is 88.8 Å². The first-order chi connectivity index (χ1) is 11.4. The van der Waals surface area contributed by atoms with E-state index >= 15 is 0 Å². The summed E-state index contributed by atoms with van der Waals surface area (Å²) in [5.74, 6) is -0.763. The molecule has 0 saturated heterocycles. The molecule has 8 heteroatoms. The van der Waals surface area contributed by atoms with Crippen LogP contribution < -0.4 is 0 Å². The number of ether oxygens (including phenoxy) is 3. The number of methoxy groups -OCH3 is 3. The Balaban J connectivity index is 4.15. The predicted molar refractivity (Wildman–Crippen MR) is 88.5 cm³/mol. The van der Waals surface area contributed by atoms with Crippen molar-refractivity contribution in [2.45, 2.75) is 25.7 Å². The fourth-order valence-electron chi connectivity index (χ4n) is 2.10. The quantitative estimate of drug-likeness (QED) is 0.348. The van der Waals surface area contributed by atoms with E-state index in [1.165, 1.54) is 21.3 Å². The SMILES string of the molecule is COC(=O)CCN(C)CCCN(CCC(=O)OC)CCC(=O)OC. The molecule has 0 unspecified atom stereocenters. The maximum atomic E-state index is 11.3. The molecular formula is C16H30N2O6. The standard InChI is InChI=1S/C16H30N2O6/c1-17(11-6-14(19)22-2)9-5-10-18(12-7-15(20)23-3)13-8-16(21)24-4/h5-13H2,1-4H3. The number of nitrogens with zero attached hydrogens (tertiary/aromatic N) is 2. The van der Waals surface area contributed by atoms with E-state index in [1.54, 1.807) is 0 Å². The van der Waals surface area contributed by atoms with Crippen molar-refractivity contribution in [3.63, 3.8) is 0 Å². The second kappa shape index (κ2) is 13.7. The molecular weight excluding hydrogens is 316 g/mol. The number of esters is 3. The molecule has 140 valence electrons. The molecule has 0 aliphatic rings. The van der Waals surface area contributed by atoms with Crippen LogP contribution >= 0.6 is 0 Å². The van der Waals surface area contributed by atoms with Gasteiger partial charge in [-0.05, 0) is 26.6 Å². The van der Waals surface area contributed by atoms with Crippen molar-refractivity contribution in [1.29, 1.82) is 0 Å². The number of hydrogen-bond acceptors (Lipinski definition) is 8. The van der Waals surface area contributed by atoms with Crippen LogP contribution in [0.2, 0.25) is 0 Å². The highest BCUT2D eigenvalue weighted by Gasteiger charge is 2.12. The molecule has 0 aliphatic heterocycles. The molecule has 0 amide bonds. The summed E-state index contributed by atoms with van der Waals surface area (Å²) in [5, 5.41) is 0. The highest BCUT2D eigenvalue weighted by molar-refractivity contribution is 5.70. The van der Waals surface area contributed by atoms with Crippen LogP contribution in [0.25, 0.3) is 0 Å². The second-order valence-electron chi connectivity index (χ2n) is 5.48. The summed E-state index contributed by atoms with van der Waals surface area (Å²) in [4.78, 5) is 37.8. The zero-order valence-electron chi connectivity index (χ0n) is 15.2. The van der Waals surface area contributed by atoms with E-state index in [1.807, 2.05) is 11.9 Å². The second-order valence-corrected chi connectivity index (χ2v) is 5.48. The molecule has 8 nitrogen and oxygen atoms in total. The van der Waals surface area contributed by atoms with Gasteiger partial charge in [0.2, 0.25) is 0 Å². The van der Waals surface area contributed by atoms with Gasteiger partial charge in [0.25, 0.3) is 0 Å². The summed E-state index contributed by atoms with van der Waals surface area (Å²) in [6.45, 7) is 3.27. The van der Waals surface area contributed by atoms with E-state index in [2.05, 4.69) is 19.1 Å². The highest BCUT2D eigenvalue weighted by atomic mass is 16.5. The fourth-order valence-corrected chi connectivity index (χ4v) is 2.10. The van der Waals surface area contributed by atoms with Gasteiger partial charge in [0.15, 0.2) is 0 Å². The van der Waals surface area contributed by atoms with Gasteiger partial charge in [-0.2, -0.15) is 0 Å². The summed E-state index contributed by atoms with van der Waals surface area (Å²) in [6.07, 6.45) is 1.80. The third-order valence-corrected chi connectivity index (χ3v) is 3.66. The summed E-state index contributed by atoms with van der Waals surface area (Å²) >= 11 is 0. The van der Waals surface area contributed by atoms with Crippen molar-refractivity contribution in [1.82, 2.24) is 9.80 Å². The molecule has 0 aromatic heterocycles. The van der Waals surface area contributed by atoms with Gasteiger partial charge in [-0.3, -0.25) is 14.4 Å². The lowest BCUT2D eigenvalue weighted by Crippen LogP contribution is -2.32. The van der Waals surface area contributed by atoms with Crippen LogP contribution in [0.15, 0.2) is 0 Å². The predicted octanol–water partition coefficient (Wildman–Crippen LogP) is 0.300. The van der Waals surface area contributed by atoms with Crippen molar-refractivity contribution in [2.24, 2.45) is 0 Å². The molecule has 0 bridgehead atoms. The maximum absolute atomic E-state index is 11.3. The van der Waals surface area contributed by atoms with Gasteiger partial charge < -0.3 is 24.0 Å². The highest BCUT2D eigenvalue weighted by Crippen LogP contribution is 2.01. The van der Waals surface area contributed by atoms with E-state index in [9.17, 15) is 14.4 Å². The third kappa shape index (κ3) is 11.8. The zero-order chi connectivity index (χ0) is 18.4. The Bertz CT molecular complexity index is 369. The molecule has 0 rings (SSSR count). The molecule has 0 saturated carbocycles. The largest absolute Gasteiger partial charge is 0.469 e. The average Bonchev–Trinajstić information content (AvgIpc) is 2.60. The molecule has 0 fully saturated rings. The Kier molecular flexibility index (Phi) is 12.8. The van der Waals surface area contributed by atoms with Crippen LogP contribution in [0, 0.1) is 0 Å². The molecule has 0 spiro atoms. The molecule has 0 heterocycles. The third-order valence-electron chi connectivity index (χ3n) is 3.66. The van der Waals surface area contributed by atoms with Crippen molar-refractivity contribution in [3.05, 3.63) is 0 Å². The van der Waals surface area contributed by atoms with Crippen LogP contribution in [0.5, 0.6) is 0 Å². The van der Waals surface area contributed by atoms with E-state index in [0.717, 1.165) is 19.5 Å². The van der Waals surface area contributed by atoms with Gasteiger partial charge in [0, 0.05) is 19.6 Å². The van der Waals surface area contributed by atoms with Crippen molar-refractivity contribution < 1.29 is 28.6 Å². The summed E-state index contributed by atoms with van der Waals surface area (Å²) in [7, 11) is 6.04. The summed E-state index contributed by atoms with van der Waals surface area (Å²) in [5.41, 5.74) is 0. The minimum absolute atomic E-state index is 0.223. The van der Waals surface area contributed by atoms with Crippen molar-refractivity contribution in [3.8, 4) is 0 Å². The zero-order valence-corrected chi connectivity index (χ0v) is 15.2. The Labute approximate surface area is 144 Å². The molecule has 0 aliphatic carbocycles. The Morgan fingerprint density at radius 3 is 1.50 bits per heavy atom. The Morgan fingerprint density at radius 1 is 0.667 bits per heavy atom. The van der Waals surface area contributed by atoms with Crippen LogP contribution in [0.3, 0.4) is 0 Å². The lowest BCUT2D eigenvalue weighted by molar-refractivity contribution is -0.142. The fraction of sp³-hybridized carbons (Fsp3) is 0.812. The Morgan fingerprint density at radius 2 is 1.08 bits per heavy atom. The van der Waals surface area contributed by atoms with Crippen molar-refractivity contribution >= 4 is 17.9 Å². The van der Waals surface area contributed by atoms with Gasteiger partial charge in [-0.1, -0.05) is 0 Å². The van der Waals surface area contributed by atoms with Crippen molar-refractivity contribution in [2.75, 3.05) is 61.1 Å². The Hall–Kier alpha value is -1.67. The number of rotatable bonds is 13. The normalized spacial score (nSPS) is 10.8. The van der Waals surface area contributed by atoms with E-state index < -0.39 is 0 Å². The van der Waals surface area contributed by atoms with Crippen LogP contribution in [-0.2, 0) is 28.6 Å². The summed E-state index contributed by atoms with van der Waals surface area (Å²) < 4.78 is 13.9. The smallest absolute Gasteiger partial charge is 0.306 e. The monoisotopic (exact) mass is 346 g/mol. The minimum atomic E-state index is -0.270. The van der Waals surface area contributed by atoms with E-state index in [4.69, 9.17) is 0 Å². The number of carbonyl (C=O) groups is 3. The molecule has 0 radical (unpaired) electrons. The molecule has 0 aromatic carbocycles. The minimum Gasteiger partial charge on any atom is -0.469 e. The van der Waals surface area contributed by atoms with Gasteiger partial charge in [0.05, 0.1) is 40.6 Å². The summed E-state index contributed by atoms with van der Waals surface area (Å²) in [6, 6.07) is 0. The molecule has 24 heavy (non-hydrogen) atoms. The lowest BCUT2D eigenvalue weighted by atomic mass is 10.3. The van der Waals surface area contributed by atoms with E-state index in [0.29, 0.717) is 26.1 Å². The van der Waals surface area contributed by atoms with Gasteiger partial charge >= 0.3 is 17.9 Å². The van der Waals surface area contributed by atoms with Gasteiger partial charge in [-0.15, -0.1) is 0 Å². The number of carbonyl (C=O) groups excluding carboxylic acids is 3. The van der Waals surface area contributed by atoms with E-state index in [-0.39, 0.29) is 30.7 Å². The lowest BCUT2D eigenvalue weighted by Gasteiger charge is -2.23. The van der Waals surface area contributed by atoms with Crippen LogP contribution in [0.1, 0.15) is 25.7 Å². The van der Waals surface area contributed by atoms with Gasteiger partial charge in [-0.25, -0.2) is 0 Å². The number of hydrogen-bond donors (Lipinski definition) is 0. The van der Waals surface area contributed by atoms with Gasteiger partial charge in [0.1, 0.15) is 0 Å². The molecule has 0 N–H and O–H groups in total.